The highest BCUT2D eigenvalue weighted by molar-refractivity contribution is 6.30. The Hall–Kier alpha value is -3.40. The molecule has 7 nitrogen and oxygen atoms in total. The molecule has 11 heteroatoms. The van der Waals surface area contributed by atoms with Gasteiger partial charge in [-0.05, 0) is 29.8 Å². The van der Waals surface area contributed by atoms with E-state index in [4.69, 9.17) is 11.6 Å². The SMILES string of the molecule is O=C(NCc1ccc([N+](=O)[O-])cc1)c1cnn(-c2ccc(Cl)cc2)c1C(F)(F)F. The van der Waals surface area contributed by atoms with Crippen molar-refractivity contribution in [3.05, 3.63) is 86.7 Å². The molecule has 2 aromatic carbocycles. The zero-order valence-corrected chi connectivity index (χ0v) is 15.2. The first kappa shape index (κ1) is 20.3. The maximum absolute atomic E-state index is 13.6. The Morgan fingerprint density at radius 3 is 2.31 bits per heavy atom. The molecule has 0 aliphatic carbocycles. The minimum absolute atomic E-state index is 0.0937. The van der Waals surface area contributed by atoms with Crippen LogP contribution < -0.4 is 5.32 Å². The molecule has 1 heterocycles. The molecule has 1 N–H and O–H groups in total. The van der Waals surface area contributed by atoms with Crippen LogP contribution >= 0.6 is 11.6 Å². The summed E-state index contributed by atoms with van der Waals surface area (Å²) in [5.41, 5.74) is -1.42. The van der Waals surface area contributed by atoms with Crippen molar-refractivity contribution < 1.29 is 22.9 Å². The zero-order valence-electron chi connectivity index (χ0n) is 14.5. The summed E-state index contributed by atoms with van der Waals surface area (Å²) >= 11 is 5.76. The Balaban J connectivity index is 1.85. The van der Waals surface area contributed by atoms with Crippen LogP contribution in [-0.4, -0.2) is 20.6 Å². The minimum Gasteiger partial charge on any atom is -0.348 e. The number of halogens is 4. The fourth-order valence-electron chi connectivity index (χ4n) is 2.58. The van der Waals surface area contributed by atoms with Gasteiger partial charge in [0.05, 0.1) is 22.4 Å². The fourth-order valence-corrected chi connectivity index (χ4v) is 2.70. The number of carbonyl (C=O) groups excluding carboxylic acids is 1. The van der Waals surface area contributed by atoms with Crippen LogP contribution in [0.25, 0.3) is 5.69 Å². The third-order valence-electron chi connectivity index (χ3n) is 3.95. The number of hydrogen-bond acceptors (Lipinski definition) is 4. The predicted octanol–water partition coefficient (Wildman–Crippen LogP) is 4.38. The molecule has 0 aliphatic rings. The van der Waals surface area contributed by atoms with Gasteiger partial charge in [-0.25, -0.2) is 4.68 Å². The van der Waals surface area contributed by atoms with Gasteiger partial charge in [0.1, 0.15) is 0 Å². The molecular weight excluding hydrogens is 413 g/mol. The molecule has 0 atom stereocenters. The van der Waals surface area contributed by atoms with Crippen LogP contribution in [0.5, 0.6) is 0 Å². The van der Waals surface area contributed by atoms with E-state index in [0.29, 0.717) is 15.3 Å². The lowest BCUT2D eigenvalue weighted by molar-refractivity contribution is -0.384. The van der Waals surface area contributed by atoms with E-state index in [2.05, 4.69) is 10.4 Å². The summed E-state index contributed by atoms with van der Waals surface area (Å²) < 4.78 is 41.5. The van der Waals surface area contributed by atoms with Crippen LogP contribution in [0.15, 0.2) is 54.7 Å². The van der Waals surface area contributed by atoms with Crippen molar-refractivity contribution in [1.29, 1.82) is 0 Å². The number of amides is 1. The molecule has 3 aromatic rings. The number of hydrogen-bond donors (Lipinski definition) is 1. The highest BCUT2D eigenvalue weighted by atomic mass is 35.5. The third-order valence-corrected chi connectivity index (χ3v) is 4.21. The molecule has 0 spiro atoms. The second-order valence-electron chi connectivity index (χ2n) is 5.90. The van der Waals surface area contributed by atoms with Crippen LogP contribution in [0.3, 0.4) is 0 Å². The molecule has 0 aliphatic heterocycles. The summed E-state index contributed by atoms with van der Waals surface area (Å²) in [6.45, 7) is -0.111. The second kappa shape index (κ2) is 7.92. The van der Waals surface area contributed by atoms with Crippen molar-refractivity contribution in [2.75, 3.05) is 0 Å². The lowest BCUT2D eigenvalue weighted by Crippen LogP contribution is -2.26. The minimum atomic E-state index is -4.84. The molecule has 0 saturated heterocycles. The van der Waals surface area contributed by atoms with E-state index in [1.54, 1.807) is 0 Å². The zero-order chi connectivity index (χ0) is 21.2. The Morgan fingerprint density at radius 2 is 1.76 bits per heavy atom. The Labute approximate surface area is 166 Å². The smallest absolute Gasteiger partial charge is 0.348 e. The van der Waals surface area contributed by atoms with Gasteiger partial charge in [-0.15, -0.1) is 0 Å². The molecule has 1 aromatic heterocycles. The number of nitrogens with zero attached hydrogens (tertiary/aromatic N) is 3. The molecular formula is C18H12ClF3N4O3. The number of nitro groups is 1. The van der Waals surface area contributed by atoms with E-state index in [1.807, 2.05) is 0 Å². The predicted molar refractivity (Wildman–Crippen MR) is 97.8 cm³/mol. The van der Waals surface area contributed by atoms with Crippen LogP contribution in [-0.2, 0) is 12.7 Å². The number of non-ortho nitro benzene ring substituents is 1. The molecule has 0 unspecified atom stereocenters. The topological polar surface area (TPSA) is 90.1 Å². The quantitative estimate of drug-likeness (QED) is 0.486. The number of benzene rings is 2. The number of alkyl halides is 3. The molecule has 29 heavy (non-hydrogen) atoms. The van der Waals surface area contributed by atoms with E-state index >= 15 is 0 Å². The molecule has 3 rings (SSSR count). The van der Waals surface area contributed by atoms with Crippen LogP contribution in [0, 0.1) is 10.1 Å². The molecule has 0 saturated carbocycles. The number of aromatic nitrogens is 2. The summed E-state index contributed by atoms with van der Waals surface area (Å²) in [5.74, 6) is -0.976. The van der Waals surface area contributed by atoms with Crippen LogP contribution in [0.1, 0.15) is 21.6 Å². The lowest BCUT2D eigenvalue weighted by atomic mass is 10.2. The molecule has 0 fully saturated rings. The first-order chi connectivity index (χ1) is 13.7. The van der Waals surface area contributed by atoms with Gasteiger partial charge in [0.25, 0.3) is 11.6 Å². The lowest BCUT2D eigenvalue weighted by Gasteiger charge is -2.13. The Bertz CT molecular complexity index is 1050. The van der Waals surface area contributed by atoms with Gasteiger partial charge in [-0.1, -0.05) is 23.7 Å². The van der Waals surface area contributed by atoms with E-state index in [1.165, 1.54) is 48.5 Å². The summed E-state index contributed by atoms with van der Waals surface area (Å²) in [7, 11) is 0. The Morgan fingerprint density at radius 1 is 1.14 bits per heavy atom. The van der Waals surface area contributed by atoms with Crippen molar-refractivity contribution in [2.45, 2.75) is 12.7 Å². The van der Waals surface area contributed by atoms with Gasteiger partial charge < -0.3 is 5.32 Å². The van der Waals surface area contributed by atoms with Gasteiger partial charge in [-0.3, -0.25) is 14.9 Å². The van der Waals surface area contributed by atoms with Crippen molar-refractivity contribution in [3.63, 3.8) is 0 Å². The molecule has 1 amide bonds. The van der Waals surface area contributed by atoms with Gasteiger partial charge in [0, 0.05) is 23.7 Å². The summed E-state index contributed by atoms with van der Waals surface area (Å²) in [6.07, 6.45) is -4.00. The van der Waals surface area contributed by atoms with Crippen molar-refractivity contribution in [3.8, 4) is 5.69 Å². The van der Waals surface area contributed by atoms with Gasteiger partial charge in [-0.2, -0.15) is 18.3 Å². The maximum atomic E-state index is 13.6. The molecule has 0 radical (unpaired) electrons. The van der Waals surface area contributed by atoms with E-state index < -0.39 is 28.3 Å². The van der Waals surface area contributed by atoms with Gasteiger partial charge >= 0.3 is 6.18 Å². The van der Waals surface area contributed by atoms with E-state index in [0.717, 1.165) is 6.20 Å². The fraction of sp³-hybridized carbons (Fsp3) is 0.111. The largest absolute Gasteiger partial charge is 0.434 e. The average Bonchev–Trinajstić information content (AvgIpc) is 3.13. The number of rotatable bonds is 5. The standard InChI is InChI=1S/C18H12ClF3N4O3/c19-12-3-7-13(8-4-12)25-16(18(20,21)22)15(10-24-25)17(27)23-9-11-1-5-14(6-2-11)26(28)29/h1-8,10H,9H2,(H,23,27). The van der Waals surface area contributed by atoms with Crippen LogP contribution in [0.4, 0.5) is 18.9 Å². The summed E-state index contributed by atoms with van der Waals surface area (Å²) in [6, 6.07) is 10.8. The molecule has 150 valence electrons. The average molecular weight is 425 g/mol. The molecule has 0 bridgehead atoms. The van der Waals surface area contributed by atoms with E-state index in [9.17, 15) is 28.1 Å². The monoisotopic (exact) mass is 424 g/mol. The van der Waals surface area contributed by atoms with Gasteiger partial charge in [0.2, 0.25) is 0 Å². The van der Waals surface area contributed by atoms with E-state index in [-0.39, 0.29) is 17.9 Å². The first-order valence-electron chi connectivity index (χ1n) is 8.09. The normalized spacial score (nSPS) is 11.3. The first-order valence-corrected chi connectivity index (χ1v) is 8.47. The van der Waals surface area contributed by atoms with Crippen molar-refractivity contribution in [2.24, 2.45) is 0 Å². The number of carbonyl (C=O) groups is 1. The number of nitrogens with one attached hydrogen (secondary N) is 1. The summed E-state index contributed by atoms with van der Waals surface area (Å²) in [5, 5.41) is 17.1. The highest BCUT2D eigenvalue weighted by Crippen LogP contribution is 2.33. The second-order valence-corrected chi connectivity index (χ2v) is 6.34. The van der Waals surface area contributed by atoms with Crippen molar-refractivity contribution in [1.82, 2.24) is 15.1 Å². The van der Waals surface area contributed by atoms with Gasteiger partial charge in [0.15, 0.2) is 5.69 Å². The van der Waals surface area contributed by atoms with Crippen molar-refractivity contribution >= 4 is 23.2 Å². The summed E-state index contributed by atoms with van der Waals surface area (Å²) in [4.78, 5) is 22.4. The number of nitro benzene ring substituents is 1. The maximum Gasteiger partial charge on any atom is 0.434 e. The highest BCUT2D eigenvalue weighted by Gasteiger charge is 2.40. The van der Waals surface area contributed by atoms with Crippen LogP contribution in [0.2, 0.25) is 5.02 Å². The Kier molecular flexibility index (Phi) is 5.55. The third kappa shape index (κ3) is 4.54.